The van der Waals surface area contributed by atoms with Crippen LogP contribution in [0.15, 0.2) is 42.5 Å². The van der Waals surface area contributed by atoms with Gasteiger partial charge in [0.1, 0.15) is 12.6 Å². The largest absolute Gasteiger partial charge is 0.352 e. The van der Waals surface area contributed by atoms with E-state index in [1.807, 2.05) is 64.1 Å². The van der Waals surface area contributed by atoms with Crippen LogP contribution in [-0.4, -0.2) is 50.0 Å². The minimum Gasteiger partial charge on any atom is -0.352 e. The minimum absolute atomic E-state index is 0.120. The molecule has 7 nitrogen and oxygen atoms in total. The highest BCUT2D eigenvalue weighted by molar-refractivity contribution is 7.92. The predicted octanol–water partition coefficient (Wildman–Crippen LogP) is 4.63. The van der Waals surface area contributed by atoms with Crippen molar-refractivity contribution in [3.05, 3.63) is 64.7 Å². The van der Waals surface area contributed by atoms with Crippen LogP contribution in [0.1, 0.15) is 67.7 Å². The topological polar surface area (TPSA) is 86.8 Å². The van der Waals surface area contributed by atoms with Crippen LogP contribution in [0, 0.1) is 20.8 Å². The third-order valence-corrected chi connectivity index (χ3v) is 8.24. The quantitative estimate of drug-likeness (QED) is 0.488. The lowest BCUT2D eigenvalue weighted by atomic mass is 9.95. The third-order valence-electron chi connectivity index (χ3n) is 7.11. The van der Waals surface area contributed by atoms with Crippen molar-refractivity contribution in [2.24, 2.45) is 0 Å². The van der Waals surface area contributed by atoms with Gasteiger partial charge in [-0.1, -0.05) is 73.7 Å². The number of nitrogens with one attached hydrogen (secondary N) is 1. The van der Waals surface area contributed by atoms with Crippen molar-refractivity contribution < 1.29 is 18.0 Å². The summed E-state index contributed by atoms with van der Waals surface area (Å²) < 4.78 is 26.8. The lowest BCUT2D eigenvalue weighted by Gasteiger charge is -2.34. The first-order valence-electron chi connectivity index (χ1n) is 13.2. The molecule has 0 bridgehead atoms. The Balaban J connectivity index is 1.93. The molecule has 1 atom stereocenters. The normalized spacial score (nSPS) is 15.2. The van der Waals surface area contributed by atoms with Crippen molar-refractivity contribution in [1.82, 2.24) is 10.2 Å². The van der Waals surface area contributed by atoms with Gasteiger partial charge in [-0.3, -0.25) is 13.9 Å². The van der Waals surface area contributed by atoms with Gasteiger partial charge in [0, 0.05) is 12.6 Å². The van der Waals surface area contributed by atoms with Gasteiger partial charge in [-0.2, -0.15) is 0 Å². The summed E-state index contributed by atoms with van der Waals surface area (Å²) in [6.07, 6.45) is 6.79. The number of rotatable bonds is 10. The first kappa shape index (κ1) is 28.7. The number of nitrogens with zero attached hydrogens (tertiary/aromatic N) is 2. The second kappa shape index (κ2) is 12.6. The monoisotopic (exact) mass is 527 g/mol. The number of carbonyl (C=O) groups is 2. The maximum atomic E-state index is 13.9. The summed E-state index contributed by atoms with van der Waals surface area (Å²) in [7, 11) is -3.75. The van der Waals surface area contributed by atoms with Gasteiger partial charge in [0.05, 0.1) is 11.9 Å². The molecule has 0 aliphatic heterocycles. The average Bonchev–Trinajstić information content (AvgIpc) is 2.84. The zero-order valence-electron chi connectivity index (χ0n) is 22.8. The molecule has 0 heterocycles. The van der Waals surface area contributed by atoms with Crippen LogP contribution in [0.4, 0.5) is 5.69 Å². The highest BCUT2D eigenvalue weighted by Crippen LogP contribution is 2.25. The van der Waals surface area contributed by atoms with E-state index in [-0.39, 0.29) is 25.0 Å². The van der Waals surface area contributed by atoms with E-state index >= 15 is 0 Å². The highest BCUT2D eigenvalue weighted by Gasteiger charge is 2.33. The number of benzene rings is 2. The summed E-state index contributed by atoms with van der Waals surface area (Å²) in [4.78, 5) is 28.8. The molecule has 1 aliphatic carbocycles. The van der Waals surface area contributed by atoms with Crippen molar-refractivity contribution >= 4 is 27.5 Å². The van der Waals surface area contributed by atoms with Gasteiger partial charge >= 0.3 is 0 Å². The number of hydrogen-bond acceptors (Lipinski definition) is 4. The maximum absolute atomic E-state index is 13.9. The molecule has 2 amide bonds. The fourth-order valence-electron chi connectivity index (χ4n) is 5.03. The van der Waals surface area contributed by atoms with E-state index in [0.717, 1.165) is 58.5 Å². The molecule has 0 spiro atoms. The molecule has 1 N–H and O–H groups in total. The molecule has 0 saturated heterocycles. The Bertz CT molecular complexity index is 1190. The van der Waals surface area contributed by atoms with Gasteiger partial charge in [0.25, 0.3) is 0 Å². The van der Waals surface area contributed by atoms with E-state index < -0.39 is 22.0 Å². The molecule has 37 heavy (non-hydrogen) atoms. The van der Waals surface area contributed by atoms with Gasteiger partial charge < -0.3 is 10.2 Å². The van der Waals surface area contributed by atoms with Gasteiger partial charge in [-0.05, 0) is 57.2 Å². The summed E-state index contributed by atoms with van der Waals surface area (Å²) in [5.41, 5.74) is 4.23. The number of anilines is 1. The molecule has 8 heteroatoms. The molecule has 1 saturated carbocycles. The van der Waals surface area contributed by atoms with Crippen molar-refractivity contribution in [2.45, 2.75) is 84.8 Å². The van der Waals surface area contributed by atoms with Crippen LogP contribution in [0.5, 0.6) is 0 Å². The summed E-state index contributed by atoms with van der Waals surface area (Å²) in [5.74, 6) is -0.580. The zero-order chi connectivity index (χ0) is 27.2. The van der Waals surface area contributed by atoms with Gasteiger partial charge in [-0.15, -0.1) is 0 Å². The van der Waals surface area contributed by atoms with Crippen LogP contribution >= 0.6 is 0 Å². The van der Waals surface area contributed by atoms with Crippen LogP contribution in [0.2, 0.25) is 0 Å². The summed E-state index contributed by atoms with van der Waals surface area (Å²) in [6.45, 7) is 7.50. The van der Waals surface area contributed by atoms with E-state index in [9.17, 15) is 18.0 Å². The van der Waals surface area contributed by atoms with Crippen LogP contribution < -0.4 is 9.62 Å². The molecule has 3 rings (SSSR count). The number of aryl methyl sites for hydroxylation is 3. The molecular weight excluding hydrogens is 486 g/mol. The molecule has 2 aromatic rings. The Morgan fingerprint density at radius 1 is 0.973 bits per heavy atom. The van der Waals surface area contributed by atoms with Crippen LogP contribution in [-0.2, 0) is 26.2 Å². The van der Waals surface area contributed by atoms with Crippen molar-refractivity contribution in [2.75, 3.05) is 17.1 Å². The molecule has 0 unspecified atom stereocenters. The number of hydrogen-bond donors (Lipinski definition) is 1. The van der Waals surface area contributed by atoms with Gasteiger partial charge in [0.15, 0.2) is 0 Å². The molecule has 2 aromatic carbocycles. The van der Waals surface area contributed by atoms with Crippen molar-refractivity contribution in [1.29, 1.82) is 0 Å². The SMILES string of the molecule is CC[C@@H](C(=O)NC1CCCCC1)N(Cc1ccc(C)cc1)C(=O)CN(c1ccc(C)cc1C)S(C)(=O)=O. The van der Waals surface area contributed by atoms with E-state index in [0.29, 0.717) is 12.1 Å². The Labute approximate surface area is 222 Å². The summed E-state index contributed by atoms with van der Waals surface area (Å²) >= 11 is 0. The summed E-state index contributed by atoms with van der Waals surface area (Å²) in [5, 5.41) is 3.17. The molecule has 202 valence electrons. The fraction of sp³-hybridized carbons (Fsp3) is 0.517. The Morgan fingerprint density at radius 3 is 2.16 bits per heavy atom. The second-order valence-electron chi connectivity index (χ2n) is 10.3. The van der Waals surface area contributed by atoms with Gasteiger partial charge in [0.2, 0.25) is 21.8 Å². The zero-order valence-corrected chi connectivity index (χ0v) is 23.6. The van der Waals surface area contributed by atoms with E-state index in [1.165, 1.54) is 6.42 Å². The number of carbonyl (C=O) groups excluding carboxylic acids is 2. The lowest BCUT2D eigenvalue weighted by Crippen LogP contribution is -2.54. The van der Waals surface area contributed by atoms with E-state index in [1.54, 1.807) is 11.0 Å². The van der Waals surface area contributed by atoms with Gasteiger partial charge in [-0.25, -0.2) is 8.42 Å². The first-order valence-corrected chi connectivity index (χ1v) is 15.0. The second-order valence-corrected chi connectivity index (χ2v) is 12.2. The van der Waals surface area contributed by atoms with E-state index in [4.69, 9.17) is 0 Å². The standard InChI is InChI=1S/C29H41N3O4S/c1-6-26(29(34)30-25-10-8-7-9-11-25)31(19-24-15-12-21(2)13-16-24)28(33)20-32(37(5,35)36)27-17-14-22(3)18-23(27)4/h12-18,25-26H,6-11,19-20H2,1-5H3,(H,30,34)/t26-/m0/s1. The molecule has 0 aromatic heterocycles. The lowest BCUT2D eigenvalue weighted by molar-refractivity contribution is -0.140. The van der Waals surface area contributed by atoms with E-state index in [2.05, 4.69) is 5.32 Å². The molecule has 1 aliphatic rings. The minimum atomic E-state index is -3.75. The fourth-order valence-corrected chi connectivity index (χ4v) is 5.94. The Hall–Kier alpha value is -2.87. The third kappa shape index (κ3) is 7.81. The van der Waals surface area contributed by atoms with Crippen LogP contribution in [0.25, 0.3) is 0 Å². The number of sulfonamides is 1. The molecular formula is C29H41N3O4S. The first-order chi connectivity index (χ1) is 17.5. The predicted molar refractivity (Wildman–Crippen MR) is 149 cm³/mol. The Morgan fingerprint density at radius 2 is 1.59 bits per heavy atom. The van der Waals surface area contributed by atoms with Crippen molar-refractivity contribution in [3.8, 4) is 0 Å². The number of amides is 2. The summed E-state index contributed by atoms with van der Waals surface area (Å²) in [6, 6.07) is 12.7. The maximum Gasteiger partial charge on any atom is 0.244 e. The van der Waals surface area contributed by atoms with Crippen LogP contribution in [0.3, 0.4) is 0 Å². The molecule has 0 radical (unpaired) electrons. The highest BCUT2D eigenvalue weighted by atomic mass is 32.2. The smallest absolute Gasteiger partial charge is 0.244 e. The van der Waals surface area contributed by atoms with Crippen molar-refractivity contribution in [3.63, 3.8) is 0 Å². The molecule has 1 fully saturated rings. The Kier molecular flexibility index (Phi) is 9.76. The average molecular weight is 528 g/mol.